The van der Waals surface area contributed by atoms with Crippen LogP contribution in [0.2, 0.25) is 0 Å². The third-order valence-electron chi connectivity index (χ3n) is 1.21. The Labute approximate surface area is 77.5 Å². The van der Waals surface area contributed by atoms with E-state index in [4.69, 9.17) is 0 Å². The molecule has 13 heavy (non-hydrogen) atoms. The van der Waals surface area contributed by atoms with Gasteiger partial charge >= 0.3 is 11.9 Å². The highest BCUT2D eigenvalue weighted by atomic mass is 16.7. The summed E-state index contributed by atoms with van der Waals surface area (Å²) < 4.78 is 9.14. The van der Waals surface area contributed by atoms with E-state index in [1.54, 1.807) is 13.8 Å². The largest absolute Gasteiger partial charge is 0.428 e. The molecule has 0 bridgehead atoms. The van der Waals surface area contributed by atoms with Crippen molar-refractivity contribution in [3.63, 3.8) is 0 Å². The fourth-order valence-electron chi connectivity index (χ4n) is 0.431. The quantitative estimate of drug-likeness (QED) is 0.377. The lowest BCUT2D eigenvalue weighted by Gasteiger charge is -2.07. The molecule has 0 aromatic heterocycles. The van der Waals surface area contributed by atoms with Crippen LogP contribution >= 0.6 is 0 Å². The van der Waals surface area contributed by atoms with Gasteiger partial charge in [0.15, 0.2) is 0 Å². The molecule has 0 unspecified atom stereocenters. The van der Waals surface area contributed by atoms with Crippen LogP contribution in [0.3, 0.4) is 0 Å². The van der Waals surface area contributed by atoms with Crippen LogP contribution in [0.4, 0.5) is 0 Å². The summed E-state index contributed by atoms with van der Waals surface area (Å²) in [5.74, 6) is -1.17. The normalized spacial score (nSPS) is 9.54. The van der Waals surface area contributed by atoms with Gasteiger partial charge in [0.2, 0.25) is 6.79 Å². The molecule has 4 nitrogen and oxygen atoms in total. The van der Waals surface area contributed by atoms with E-state index >= 15 is 0 Å². The smallest absolute Gasteiger partial charge is 0.335 e. The maximum Gasteiger partial charge on any atom is 0.335 e. The Hall–Kier alpha value is -1.32. The van der Waals surface area contributed by atoms with Gasteiger partial charge in [-0.3, -0.25) is 4.79 Å². The molecular formula is C9H14O4. The molecule has 0 aliphatic rings. The fraction of sp³-hybridized carbons (Fsp3) is 0.556. The number of esters is 2. The van der Waals surface area contributed by atoms with E-state index in [0.29, 0.717) is 0 Å². The van der Waals surface area contributed by atoms with E-state index in [2.05, 4.69) is 16.1 Å². The number of carbonyl (C=O) groups is 2. The number of carbonyl (C=O) groups excluding carboxylic acids is 2. The second-order valence-electron chi connectivity index (χ2n) is 2.95. The van der Waals surface area contributed by atoms with Crippen LogP contribution in [-0.4, -0.2) is 18.7 Å². The number of ether oxygens (including phenoxy) is 2. The zero-order valence-electron chi connectivity index (χ0n) is 8.12. The molecule has 74 valence electrons. The minimum absolute atomic E-state index is 0.219. The van der Waals surface area contributed by atoms with Gasteiger partial charge in [0.05, 0.1) is 5.92 Å². The zero-order valence-corrected chi connectivity index (χ0v) is 8.12. The van der Waals surface area contributed by atoms with Crippen molar-refractivity contribution in [1.82, 2.24) is 0 Å². The van der Waals surface area contributed by atoms with Crippen molar-refractivity contribution in [1.29, 1.82) is 0 Å². The second kappa shape index (κ2) is 5.35. The Bertz CT molecular complexity index is 218. The van der Waals surface area contributed by atoms with Crippen LogP contribution in [0.25, 0.3) is 0 Å². The molecule has 0 heterocycles. The molecule has 0 amide bonds. The average Bonchev–Trinajstić information content (AvgIpc) is 2.03. The minimum Gasteiger partial charge on any atom is -0.428 e. The highest BCUT2D eigenvalue weighted by Crippen LogP contribution is 1.97. The first-order chi connectivity index (χ1) is 5.95. The molecule has 0 saturated carbocycles. The van der Waals surface area contributed by atoms with Crippen molar-refractivity contribution in [3.8, 4) is 0 Å². The Morgan fingerprint density at radius 2 is 1.85 bits per heavy atom. The Morgan fingerprint density at radius 3 is 2.23 bits per heavy atom. The Morgan fingerprint density at radius 1 is 1.31 bits per heavy atom. The fourth-order valence-corrected chi connectivity index (χ4v) is 0.431. The van der Waals surface area contributed by atoms with E-state index in [0.717, 1.165) is 0 Å². The summed E-state index contributed by atoms with van der Waals surface area (Å²) in [4.78, 5) is 21.6. The standard InChI is InChI=1S/C9H14O4/c1-6(2)8(10)12-5-13-9(11)7(3)4/h7H,1,5H2,2-4H3. The van der Waals surface area contributed by atoms with Gasteiger partial charge in [-0.2, -0.15) is 0 Å². The van der Waals surface area contributed by atoms with Crippen molar-refractivity contribution in [3.05, 3.63) is 12.2 Å². The molecule has 0 aliphatic carbocycles. The Kier molecular flexibility index (Phi) is 4.80. The first-order valence-electron chi connectivity index (χ1n) is 3.94. The molecule has 0 atom stereocenters. The molecule has 4 heteroatoms. The van der Waals surface area contributed by atoms with Gasteiger partial charge in [0.1, 0.15) is 0 Å². The predicted octanol–water partition coefficient (Wildman–Crippen LogP) is 1.26. The summed E-state index contributed by atoms with van der Waals surface area (Å²) in [6.45, 7) is 7.94. The van der Waals surface area contributed by atoms with Crippen molar-refractivity contribution in [2.45, 2.75) is 20.8 Å². The highest BCUT2D eigenvalue weighted by Gasteiger charge is 2.09. The van der Waals surface area contributed by atoms with E-state index < -0.39 is 11.9 Å². The van der Waals surface area contributed by atoms with E-state index in [1.165, 1.54) is 6.92 Å². The van der Waals surface area contributed by atoms with Crippen molar-refractivity contribution in [2.24, 2.45) is 5.92 Å². The SMILES string of the molecule is C=C(C)C(=O)OCOC(=O)C(C)C. The third kappa shape index (κ3) is 5.00. The lowest BCUT2D eigenvalue weighted by molar-refractivity contribution is -0.167. The monoisotopic (exact) mass is 186 g/mol. The number of hydrogen-bond donors (Lipinski definition) is 0. The molecule has 0 N–H and O–H groups in total. The summed E-state index contributed by atoms with van der Waals surface area (Å²) >= 11 is 0. The summed E-state index contributed by atoms with van der Waals surface area (Å²) in [5.41, 5.74) is 0.278. The van der Waals surface area contributed by atoms with Gasteiger partial charge in [-0.05, 0) is 6.92 Å². The first kappa shape index (κ1) is 11.7. The predicted molar refractivity (Wildman–Crippen MR) is 46.7 cm³/mol. The van der Waals surface area contributed by atoms with Gasteiger partial charge in [0.25, 0.3) is 0 Å². The number of hydrogen-bond acceptors (Lipinski definition) is 4. The topological polar surface area (TPSA) is 52.6 Å². The summed E-state index contributed by atoms with van der Waals surface area (Å²) in [6, 6.07) is 0. The van der Waals surface area contributed by atoms with E-state index in [1.807, 2.05) is 0 Å². The molecule has 0 aromatic rings. The molecule has 0 fully saturated rings. The lowest BCUT2D eigenvalue weighted by Crippen LogP contribution is -2.16. The van der Waals surface area contributed by atoms with Gasteiger partial charge in [-0.1, -0.05) is 20.4 Å². The van der Waals surface area contributed by atoms with Crippen LogP contribution < -0.4 is 0 Å². The van der Waals surface area contributed by atoms with Crippen LogP contribution in [0.5, 0.6) is 0 Å². The van der Waals surface area contributed by atoms with Crippen LogP contribution in [0.1, 0.15) is 20.8 Å². The molecule has 0 aliphatic heterocycles. The van der Waals surface area contributed by atoms with Crippen molar-refractivity contribution in [2.75, 3.05) is 6.79 Å². The molecule has 0 rings (SSSR count). The van der Waals surface area contributed by atoms with Crippen LogP contribution in [0.15, 0.2) is 12.2 Å². The Balaban J connectivity index is 3.63. The lowest BCUT2D eigenvalue weighted by atomic mass is 10.2. The van der Waals surface area contributed by atoms with E-state index in [-0.39, 0.29) is 18.3 Å². The van der Waals surface area contributed by atoms with E-state index in [9.17, 15) is 9.59 Å². The molecule has 0 saturated heterocycles. The maximum absolute atomic E-state index is 10.9. The second-order valence-corrected chi connectivity index (χ2v) is 2.95. The highest BCUT2D eigenvalue weighted by molar-refractivity contribution is 5.86. The minimum atomic E-state index is -0.559. The number of rotatable bonds is 4. The maximum atomic E-state index is 10.9. The van der Waals surface area contributed by atoms with Crippen molar-refractivity contribution < 1.29 is 19.1 Å². The van der Waals surface area contributed by atoms with Crippen molar-refractivity contribution >= 4 is 11.9 Å². The summed E-state index contributed by atoms with van der Waals surface area (Å²) in [6.07, 6.45) is 0. The van der Waals surface area contributed by atoms with Gasteiger partial charge < -0.3 is 9.47 Å². The molecule has 0 spiro atoms. The van der Waals surface area contributed by atoms with Gasteiger partial charge in [0, 0.05) is 5.57 Å². The summed E-state index contributed by atoms with van der Waals surface area (Å²) in [5, 5.41) is 0. The molecular weight excluding hydrogens is 172 g/mol. The van der Waals surface area contributed by atoms with Crippen LogP contribution in [-0.2, 0) is 19.1 Å². The average molecular weight is 186 g/mol. The van der Waals surface area contributed by atoms with Crippen LogP contribution in [0, 0.1) is 5.92 Å². The molecule has 0 aromatic carbocycles. The van der Waals surface area contributed by atoms with Gasteiger partial charge in [-0.25, -0.2) is 4.79 Å². The third-order valence-corrected chi connectivity index (χ3v) is 1.21. The zero-order chi connectivity index (χ0) is 10.4. The first-order valence-corrected chi connectivity index (χ1v) is 3.94. The van der Waals surface area contributed by atoms with Gasteiger partial charge in [-0.15, -0.1) is 0 Å². The summed E-state index contributed by atoms with van der Waals surface area (Å²) in [7, 11) is 0. The molecule has 0 radical (unpaired) electrons.